The van der Waals surface area contributed by atoms with E-state index in [0.29, 0.717) is 0 Å². The molecule has 1 amide bonds. The van der Waals surface area contributed by atoms with Crippen molar-refractivity contribution in [2.45, 2.75) is 26.6 Å². The van der Waals surface area contributed by atoms with Gasteiger partial charge in [0.1, 0.15) is 0 Å². The Morgan fingerprint density at radius 1 is 1.00 bits per heavy atom. The predicted molar refractivity (Wildman–Crippen MR) is 51.5 cm³/mol. The molecule has 1 atom stereocenters. The van der Waals surface area contributed by atoms with E-state index in [0.717, 1.165) is 0 Å². The van der Waals surface area contributed by atoms with Gasteiger partial charge in [0.25, 0.3) is 0 Å². The van der Waals surface area contributed by atoms with Crippen LogP contribution in [0.2, 0.25) is 0 Å². The van der Waals surface area contributed by atoms with Gasteiger partial charge in [-0.25, -0.2) is 0 Å². The molecule has 1 N–H and O–H groups in total. The SMILES string of the molecule is CC(C)(C)C(NC(=O)CP(=O)([O-])[O-])P(=O)([O-])[O-].[Na+].[Na+].[Na+].[Na+]. The first-order chi connectivity index (χ1) is 7.23. The van der Waals surface area contributed by atoms with Crippen molar-refractivity contribution in [3.8, 4) is 0 Å². The number of hydrogen-bond donors (Lipinski definition) is 1. The Morgan fingerprint density at radius 3 is 1.52 bits per heavy atom. The van der Waals surface area contributed by atoms with Gasteiger partial charge in [-0.05, 0) is 13.0 Å². The molecular formula is C7H13NNa4O7P2. The summed E-state index contributed by atoms with van der Waals surface area (Å²) in [4.78, 5) is 53.5. The van der Waals surface area contributed by atoms with Gasteiger partial charge in [-0.2, -0.15) is 0 Å². The molecule has 0 fully saturated rings. The van der Waals surface area contributed by atoms with E-state index in [-0.39, 0.29) is 118 Å². The Balaban J connectivity index is -0.000000213. The average Bonchev–Trinajstić information content (AvgIpc) is 1.91. The van der Waals surface area contributed by atoms with Gasteiger partial charge in [-0.15, -0.1) is 0 Å². The fourth-order valence-electron chi connectivity index (χ4n) is 1.14. The second-order valence-electron chi connectivity index (χ2n) is 4.64. The summed E-state index contributed by atoms with van der Waals surface area (Å²) >= 11 is 0. The zero-order valence-electron chi connectivity index (χ0n) is 13.5. The largest absolute Gasteiger partial charge is 1.00 e. The maximum atomic E-state index is 11.1. The number of amides is 1. The van der Waals surface area contributed by atoms with Crippen LogP contribution in [0, 0.1) is 5.41 Å². The zero-order chi connectivity index (χ0) is 14.1. The van der Waals surface area contributed by atoms with Crippen molar-refractivity contribution < 1.29 is 152 Å². The minimum absolute atomic E-state index is 0. The fourth-order valence-corrected chi connectivity index (χ4v) is 2.84. The molecule has 14 heteroatoms. The van der Waals surface area contributed by atoms with Crippen molar-refractivity contribution in [3.05, 3.63) is 0 Å². The normalized spacial score (nSPS) is 12.5. The second kappa shape index (κ2) is 13.9. The molecule has 0 heterocycles. The molecule has 0 rings (SSSR count). The van der Waals surface area contributed by atoms with Crippen molar-refractivity contribution in [2.24, 2.45) is 5.41 Å². The van der Waals surface area contributed by atoms with E-state index in [4.69, 9.17) is 0 Å². The van der Waals surface area contributed by atoms with E-state index in [1.54, 1.807) is 5.32 Å². The molecule has 1 unspecified atom stereocenters. The van der Waals surface area contributed by atoms with Crippen LogP contribution in [0.15, 0.2) is 0 Å². The Labute approximate surface area is 212 Å². The molecule has 0 aromatic rings. The first-order valence-corrected chi connectivity index (χ1v) is 7.89. The summed E-state index contributed by atoms with van der Waals surface area (Å²) in [5, 5.41) is 1.75. The molecule has 0 aliphatic heterocycles. The Hall–Kier alpha value is 3.77. The number of hydrogen-bond acceptors (Lipinski definition) is 7. The molecule has 0 aromatic carbocycles. The molecule has 0 aromatic heterocycles. The Kier molecular flexibility index (Phi) is 23.7. The van der Waals surface area contributed by atoms with Crippen LogP contribution >= 0.6 is 15.2 Å². The summed E-state index contributed by atoms with van der Waals surface area (Å²) in [6.45, 7) is 4.15. The number of nitrogens with one attached hydrogen (secondary N) is 1. The van der Waals surface area contributed by atoms with E-state index < -0.39 is 38.5 Å². The van der Waals surface area contributed by atoms with E-state index in [1.807, 2.05) is 0 Å². The van der Waals surface area contributed by atoms with Gasteiger partial charge < -0.3 is 34.0 Å². The first kappa shape index (κ1) is 35.8. The summed E-state index contributed by atoms with van der Waals surface area (Å²) in [6.07, 6.45) is -1.38. The minimum atomic E-state index is -5.14. The molecule has 0 aliphatic carbocycles. The van der Waals surface area contributed by atoms with Crippen LogP contribution < -0.4 is 143 Å². The van der Waals surface area contributed by atoms with Gasteiger partial charge in [0.05, 0.1) is 11.9 Å². The standard InChI is InChI=1S/C7H17NO7P2.4Na/c1-7(2,3)6(17(13,14)15)8-5(9)4-16(10,11)12;;;;/h6H,4H2,1-3H3,(H,8,9)(H2,10,11,12)(H2,13,14,15);;;;/q;4*+1/p-4. The van der Waals surface area contributed by atoms with Crippen LogP contribution in [-0.4, -0.2) is 17.9 Å². The fraction of sp³-hybridized carbons (Fsp3) is 0.857. The number of carbonyl (C=O) groups is 1. The van der Waals surface area contributed by atoms with E-state index >= 15 is 0 Å². The van der Waals surface area contributed by atoms with E-state index in [9.17, 15) is 33.5 Å². The number of carbonyl (C=O) groups excluding carboxylic acids is 1. The third-order valence-corrected chi connectivity index (χ3v) is 3.98. The summed E-state index contributed by atoms with van der Waals surface area (Å²) in [5.41, 5.74) is -1.11. The van der Waals surface area contributed by atoms with Crippen molar-refractivity contribution in [3.63, 3.8) is 0 Å². The van der Waals surface area contributed by atoms with E-state index in [2.05, 4.69) is 0 Å². The van der Waals surface area contributed by atoms with Gasteiger partial charge in [-0.1, -0.05) is 28.4 Å². The third-order valence-electron chi connectivity index (χ3n) is 1.77. The maximum absolute atomic E-state index is 11.1. The smallest absolute Gasteiger partial charge is 0.810 e. The van der Waals surface area contributed by atoms with Crippen LogP contribution in [-0.2, 0) is 13.9 Å². The van der Waals surface area contributed by atoms with Gasteiger partial charge in [-0.3, -0.25) is 4.79 Å². The topological polar surface area (TPSA) is 155 Å². The summed E-state index contributed by atoms with van der Waals surface area (Å²) < 4.78 is 21.2. The molecular weight excluding hydrogens is 364 g/mol. The second-order valence-corrected chi connectivity index (χ2v) is 7.78. The van der Waals surface area contributed by atoms with Crippen molar-refractivity contribution in [2.75, 3.05) is 6.16 Å². The Morgan fingerprint density at radius 2 is 1.33 bits per heavy atom. The molecule has 8 nitrogen and oxygen atoms in total. The minimum Gasteiger partial charge on any atom is -0.810 e. The maximum Gasteiger partial charge on any atom is 1.00 e. The van der Waals surface area contributed by atoms with Crippen molar-refractivity contribution in [1.82, 2.24) is 5.32 Å². The molecule has 0 aliphatic rings. The molecule has 0 saturated carbocycles. The van der Waals surface area contributed by atoms with Gasteiger partial charge >= 0.3 is 118 Å². The third kappa shape index (κ3) is 18.4. The van der Waals surface area contributed by atoms with Gasteiger partial charge in [0.2, 0.25) is 5.91 Å². The summed E-state index contributed by atoms with van der Waals surface area (Å²) in [5.74, 6) is -3.07. The van der Waals surface area contributed by atoms with Gasteiger partial charge in [0.15, 0.2) is 0 Å². The first-order valence-electron chi connectivity index (χ1n) is 4.55. The predicted octanol–water partition coefficient (Wildman–Crippen LogP) is -14.7. The quantitative estimate of drug-likeness (QED) is 0.377. The monoisotopic (exact) mass is 377 g/mol. The molecule has 0 spiro atoms. The van der Waals surface area contributed by atoms with Crippen LogP contribution in [0.3, 0.4) is 0 Å². The van der Waals surface area contributed by atoms with Crippen LogP contribution in [0.5, 0.6) is 0 Å². The summed E-state index contributed by atoms with van der Waals surface area (Å²) in [6, 6.07) is 0. The van der Waals surface area contributed by atoms with E-state index in [1.165, 1.54) is 20.8 Å². The molecule has 102 valence electrons. The van der Waals surface area contributed by atoms with Crippen molar-refractivity contribution >= 4 is 21.1 Å². The Bertz CT molecular complexity index is 391. The molecule has 0 radical (unpaired) electrons. The van der Waals surface area contributed by atoms with Crippen LogP contribution in [0.1, 0.15) is 20.8 Å². The van der Waals surface area contributed by atoms with Gasteiger partial charge in [0, 0.05) is 0 Å². The summed E-state index contributed by atoms with van der Waals surface area (Å²) in [7, 11) is -10.2. The number of rotatable bonds is 4. The van der Waals surface area contributed by atoms with Crippen molar-refractivity contribution in [1.29, 1.82) is 0 Å². The average molecular weight is 377 g/mol. The molecule has 0 bridgehead atoms. The van der Waals surface area contributed by atoms with Crippen LogP contribution in [0.25, 0.3) is 0 Å². The molecule has 0 saturated heterocycles. The molecule has 21 heavy (non-hydrogen) atoms. The zero-order valence-corrected chi connectivity index (χ0v) is 23.3. The van der Waals surface area contributed by atoms with Crippen LogP contribution in [0.4, 0.5) is 0 Å².